The molecule has 0 spiro atoms. The van der Waals surface area contributed by atoms with Gasteiger partial charge in [-0.25, -0.2) is 8.42 Å². The number of nitrogens with zero attached hydrogens (tertiary/aromatic N) is 1. The first-order chi connectivity index (χ1) is 14.3. The summed E-state index contributed by atoms with van der Waals surface area (Å²) in [4.78, 5) is 0.284. The minimum atomic E-state index is -3.48. The van der Waals surface area contributed by atoms with E-state index in [1.54, 1.807) is 24.3 Å². The number of nitrogens with one attached hydrogen (secondary N) is 1. The van der Waals surface area contributed by atoms with Gasteiger partial charge in [0, 0.05) is 25.7 Å². The zero-order chi connectivity index (χ0) is 21.6. The molecular formula is C23H32N2O4S. The summed E-state index contributed by atoms with van der Waals surface area (Å²) in [5.74, 6) is 0.657. The molecule has 0 aliphatic carbocycles. The number of hydrogen-bond donors (Lipinski definition) is 1. The van der Waals surface area contributed by atoms with Gasteiger partial charge in [0.15, 0.2) is 0 Å². The minimum Gasteiger partial charge on any atom is -0.492 e. The monoisotopic (exact) mass is 432 g/mol. The number of ether oxygens (including phenoxy) is 2. The second-order valence-electron chi connectivity index (χ2n) is 8.50. The number of sulfonamides is 1. The van der Waals surface area contributed by atoms with Crippen molar-refractivity contribution in [3.8, 4) is 5.75 Å². The van der Waals surface area contributed by atoms with Crippen LogP contribution in [0.25, 0.3) is 0 Å². The van der Waals surface area contributed by atoms with Gasteiger partial charge in [0.1, 0.15) is 12.4 Å². The molecule has 1 aliphatic heterocycles. The molecule has 1 saturated heterocycles. The average Bonchev–Trinajstić information content (AvgIpc) is 2.74. The highest BCUT2D eigenvalue weighted by Crippen LogP contribution is 2.32. The van der Waals surface area contributed by atoms with Gasteiger partial charge < -0.3 is 14.8 Å². The molecule has 0 aromatic heterocycles. The van der Waals surface area contributed by atoms with Gasteiger partial charge in [-0.05, 0) is 35.2 Å². The summed E-state index contributed by atoms with van der Waals surface area (Å²) in [7, 11) is -3.48. The predicted molar refractivity (Wildman–Crippen MR) is 118 cm³/mol. The van der Waals surface area contributed by atoms with Crippen LogP contribution in [0, 0.1) is 5.41 Å². The lowest BCUT2D eigenvalue weighted by molar-refractivity contribution is 0.0730. The molecule has 2 aromatic carbocycles. The number of hydrogen-bond acceptors (Lipinski definition) is 5. The lowest BCUT2D eigenvalue weighted by Crippen LogP contribution is -2.40. The number of benzene rings is 2. The molecule has 2 aromatic rings. The quantitative estimate of drug-likeness (QED) is 0.647. The van der Waals surface area contributed by atoms with Crippen LogP contribution in [-0.4, -0.2) is 52.2 Å². The molecule has 1 aliphatic rings. The van der Waals surface area contributed by atoms with Gasteiger partial charge in [0.25, 0.3) is 0 Å². The van der Waals surface area contributed by atoms with E-state index in [0.717, 1.165) is 0 Å². The third-order valence-corrected chi connectivity index (χ3v) is 7.06. The van der Waals surface area contributed by atoms with Gasteiger partial charge in [-0.2, -0.15) is 4.31 Å². The maximum Gasteiger partial charge on any atom is 0.243 e. The summed E-state index contributed by atoms with van der Waals surface area (Å²) in [5, 5.41) is 3.59. The molecule has 1 fully saturated rings. The summed E-state index contributed by atoms with van der Waals surface area (Å²) in [5.41, 5.74) is 1.32. The molecular weight excluding hydrogens is 400 g/mol. The molecule has 0 saturated carbocycles. The van der Waals surface area contributed by atoms with Crippen molar-refractivity contribution in [3.05, 3.63) is 60.2 Å². The first-order valence-electron chi connectivity index (χ1n) is 10.4. The van der Waals surface area contributed by atoms with Gasteiger partial charge in [0.05, 0.1) is 18.1 Å². The van der Waals surface area contributed by atoms with Crippen molar-refractivity contribution >= 4 is 10.0 Å². The van der Waals surface area contributed by atoms with Crippen LogP contribution in [0.3, 0.4) is 0 Å². The molecule has 1 N–H and O–H groups in total. The van der Waals surface area contributed by atoms with Crippen LogP contribution in [-0.2, 0) is 14.8 Å². The zero-order valence-electron chi connectivity index (χ0n) is 18.0. The Bertz CT molecular complexity index is 887. The Balaban J connectivity index is 1.54. The Morgan fingerprint density at radius 3 is 2.27 bits per heavy atom. The van der Waals surface area contributed by atoms with Gasteiger partial charge in [-0.1, -0.05) is 51.1 Å². The Morgan fingerprint density at radius 1 is 1.03 bits per heavy atom. The summed E-state index contributed by atoms with van der Waals surface area (Å²) in [6.45, 7) is 9.48. The molecule has 1 unspecified atom stereocenters. The first-order valence-corrected chi connectivity index (χ1v) is 11.8. The summed E-state index contributed by atoms with van der Waals surface area (Å²) in [6.07, 6.45) is 0. The third kappa shape index (κ3) is 5.82. The fourth-order valence-corrected chi connectivity index (χ4v) is 4.99. The van der Waals surface area contributed by atoms with Crippen LogP contribution in [0.1, 0.15) is 32.4 Å². The summed E-state index contributed by atoms with van der Waals surface area (Å²) >= 11 is 0. The van der Waals surface area contributed by atoms with E-state index in [1.165, 1.54) is 9.87 Å². The van der Waals surface area contributed by atoms with Crippen molar-refractivity contribution in [1.82, 2.24) is 9.62 Å². The lowest BCUT2D eigenvalue weighted by Gasteiger charge is -2.32. The van der Waals surface area contributed by atoms with Crippen molar-refractivity contribution in [2.45, 2.75) is 31.7 Å². The Kier molecular flexibility index (Phi) is 7.52. The fraction of sp³-hybridized carbons (Fsp3) is 0.478. The van der Waals surface area contributed by atoms with E-state index in [0.29, 0.717) is 45.2 Å². The molecule has 3 rings (SSSR count). The summed E-state index contributed by atoms with van der Waals surface area (Å²) < 4.78 is 37.9. The second kappa shape index (κ2) is 9.92. The molecule has 6 nitrogen and oxygen atoms in total. The maximum atomic E-state index is 12.7. The number of rotatable bonds is 8. The lowest BCUT2D eigenvalue weighted by atomic mass is 9.82. The van der Waals surface area contributed by atoms with Crippen molar-refractivity contribution in [2.75, 3.05) is 39.5 Å². The molecule has 7 heteroatoms. The van der Waals surface area contributed by atoms with Gasteiger partial charge in [-0.3, -0.25) is 0 Å². The van der Waals surface area contributed by atoms with Crippen LogP contribution in [0.2, 0.25) is 0 Å². The standard InChI is InChI=1S/C23H32N2O4S/c1-23(2,3)22(19-7-5-4-6-8-19)24-13-16-29-20-9-11-21(12-10-20)30(26,27)25-14-17-28-18-15-25/h4-12,22,24H,13-18H2,1-3H3. The van der Waals surface area contributed by atoms with Crippen LogP contribution in [0.4, 0.5) is 0 Å². The van der Waals surface area contributed by atoms with E-state index in [-0.39, 0.29) is 16.4 Å². The van der Waals surface area contributed by atoms with Crippen molar-refractivity contribution in [2.24, 2.45) is 5.41 Å². The second-order valence-corrected chi connectivity index (χ2v) is 10.4. The fourth-order valence-electron chi connectivity index (χ4n) is 3.59. The molecule has 30 heavy (non-hydrogen) atoms. The molecule has 0 bridgehead atoms. The van der Waals surface area contributed by atoms with Crippen molar-refractivity contribution < 1.29 is 17.9 Å². The van der Waals surface area contributed by atoms with Gasteiger partial charge in [-0.15, -0.1) is 0 Å². The highest BCUT2D eigenvalue weighted by atomic mass is 32.2. The highest BCUT2D eigenvalue weighted by Gasteiger charge is 2.27. The smallest absolute Gasteiger partial charge is 0.243 e. The van der Waals surface area contributed by atoms with E-state index in [2.05, 4.69) is 50.4 Å². The molecule has 1 atom stereocenters. The van der Waals surface area contributed by atoms with Crippen molar-refractivity contribution in [3.63, 3.8) is 0 Å². The van der Waals surface area contributed by atoms with Crippen LogP contribution in [0.5, 0.6) is 5.75 Å². The Morgan fingerprint density at radius 2 is 1.67 bits per heavy atom. The van der Waals surface area contributed by atoms with E-state index < -0.39 is 10.0 Å². The van der Waals surface area contributed by atoms with Gasteiger partial charge in [0.2, 0.25) is 10.0 Å². The van der Waals surface area contributed by atoms with Crippen LogP contribution >= 0.6 is 0 Å². The Labute approximate surface area is 180 Å². The predicted octanol–water partition coefficient (Wildman–Crippen LogP) is 3.46. The SMILES string of the molecule is CC(C)(C)C(NCCOc1ccc(S(=O)(=O)N2CCOCC2)cc1)c1ccccc1. The Hall–Kier alpha value is -1.93. The average molecular weight is 433 g/mol. The normalized spacial score (nSPS) is 16.9. The summed E-state index contributed by atoms with van der Waals surface area (Å²) in [6, 6.07) is 17.3. The van der Waals surface area contributed by atoms with Gasteiger partial charge >= 0.3 is 0 Å². The molecule has 164 valence electrons. The van der Waals surface area contributed by atoms with E-state index in [1.807, 2.05) is 6.07 Å². The third-order valence-electron chi connectivity index (χ3n) is 5.15. The maximum absolute atomic E-state index is 12.7. The molecule has 1 heterocycles. The van der Waals surface area contributed by atoms with Crippen LogP contribution in [0.15, 0.2) is 59.5 Å². The van der Waals surface area contributed by atoms with E-state index in [4.69, 9.17) is 9.47 Å². The number of morpholine rings is 1. The highest BCUT2D eigenvalue weighted by molar-refractivity contribution is 7.89. The van der Waals surface area contributed by atoms with E-state index in [9.17, 15) is 8.42 Å². The largest absolute Gasteiger partial charge is 0.492 e. The zero-order valence-corrected chi connectivity index (χ0v) is 18.8. The van der Waals surface area contributed by atoms with E-state index >= 15 is 0 Å². The van der Waals surface area contributed by atoms with Crippen molar-refractivity contribution in [1.29, 1.82) is 0 Å². The first kappa shape index (κ1) is 22.7. The minimum absolute atomic E-state index is 0.0663. The topological polar surface area (TPSA) is 67.9 Å². The molecule has 0 amide bonds. The van der Waals surface area contributed by atoms with Crippen LogP contribution < -0.4 is 10.1 Å². The molecule has 0 radical (unpaired) electrons.